The summed E-state index contributed by atoms with van der Waals surface area (Å²) in [5.74, 6) is 0.690. The highest BCUT2D eigenvalue weighted by Crippen LogP contribution is 2.13. The first-order chi connectivity index (χ1) is 7.00. The number of thiazole rings is 1. The number of aromatic nitrogens is 1. The molecule has 1 aromatic rings. The summed E-state index contributed by atoms with van der Waals surface area (Å²) >= 11 is 1.52. The van der Waals surface area contributed by atoms with E-state index in [1.165, 1.54) is 11.3 Å². The van der Waals surface area contributed by atoms with E-state index in [2.05, 4.69) is 37.7 Å². The van der Waals surface area contributed by atoms with Crippen LogP contribution in [0.2, 0.25) is 0 Å². The molecule has 0 saturated heterocycles. The molecule has 0 amide bonds. The Bertz CT molecular complexity index is 296. The van der Waals surface area contributed by atoms with Crippen molar-refractivity contribution in [1.82, 2.24) is 9.88 Å². The Morgan fingerprint density at radius 3 is 2.60 bits per heavy atom. The minimum absolute atomic E-state index is 0.612. The van der Waals surface area contributed by atoms with Crippen molar-refractivity contribution in [2.45, 2.75) is 33.2 Å². The molecule has 0 aliphatic heterocycles. The van der Waals surface area contributed by atoms with Gasteiger partial charge in [-0.1, -0.05) is 13.8 Å². The van der Waals surface area contributed by atoms with Crippen LogP contribution in [0, 0.1) is 5.92 Å². The molecule has 3 nitrogen and oxygen atoms in total. The van der Waals surface area contributed by atoms with E-state index in [0.717, 1.165) is 18.7 Å². The van der Waals surface area contributed by atoms with Gasteiger partial charge in [0.2, 0.25) is 0 Å². The Labute approximate surface area is 96.3 Å². The van der Waals surface area contributed by atoms with Crippen molar-refractivity contribution in [2.24, 2.45) is 5.92 Å². The summed E-state index contributed by atoms with van der Waals surface area (Å²) in [5, 5.41) is 2.72. The number of nitrogens with zero attached hydrogens (tertiary/aromatic N) is 2. The lowest BCUT2D eigenvalue weighted by atomic mass is 10.1. The highest BCUT2D eigenvalue weighted by molar-refractivity contribution is 7.13. The molecule has 0 spiro atoms. The molecule has 0 radical (unpaired) electrons. The molecule has 2 N–H and O–H groups in total. The summed E-state index contributed by atoms with van der Waals surface area (Å²) in [5.41, 5.74) is 6.70. The van der Waals surface area contributed by atoms with Crippen LogP contribution in [0.5, 0.6) is 0 Å². The number of likely N-dealkylation sites (N-methyl/N-ethyl adjacent to an activating group) is 1. The average Bonchev–Trinajstić information content (AvgIpc) is 2.59. The van der Waals surface area contributed by atoms with Gasteiger partial charge in [0.05, 0.1) is 5.69 Å². The Hall–Kier alpha value is -0.610. The molecule has 4 heteroatoms. The van der Waals surface area contributed by atoms with E-state index in [-0.39, 0.29) is 0 Å². The van der Waals surface area contributed by atoms with Gasteiger partial charge in [0, 0.05) is 24.4 Å². The zero-order chi connectivity index (χ0) is 11.4. The van der Waals surface area contributed by atoms with Crippen LogP contribution in [0.15, 0.2) is 5.38 Å². The first-order valence-corrected chi connectivity index (χ1v) is 6.28. The van der Waals surface area contributed by atoms with E-state index < -0.39 is 0 Å². The van der Waals surface area contributed by atoms with Crippen molar-refractivity contribution >= 4 is 16.5 Å². The van der Waals surface area contributed by atoms with Crippen molar-refractivity contribution in [1.29, 1.82) is 0 Å². The van der Waals surface area contributed by atoms with Crippen LogP contribution in [0.25, 0.3) is 0 Å². The Balaban J connectivity index is 2.37. The predicted octanol–water partition coefficient (Wildman–Crippen LogP) is 2.24. The van der Waals surface area contributed by atoms with Crippen molar-refractivity contribution in [3.63, 3.8) is 0 Å². The Kier molecular flexibility index (Phi) is 4.54. The molecule has 0 bridgehead atoms. The van der Waals surface area contributed by atoms with Crippen molar-refractivity contribution in [3.05, 3.63) is 11.1 Å². The summed E-state index contributed by atoms with van der Waals surface area (Å²) in [4.78, 5) is 6.63. The van der Waals surface area contributed by atoms with E-state index in [1.807, 2.05) is 5.38 Å². The van der Waals surface area contributed by atoms with Gasteiger partial charge in [-0.05, 0) is 19.9 Å². The molecular weight excluding hydrogens is 206 g/mol. The van der Waals surface area contributed by atoms with E-state index in [9.17, 15) is 0 Å². The minimum atomic E-state index is 0.612. The largest absolute Gasteiger partial charge is 0.375 e. The van der Waals surface area contributed by atoms with Gasteiger partial charge in [-0.25, -0.2) is 4.98 Å². The van der Waals surface area contributed by atoms with Crippen molar-refractivity contribution in [2.75, 3.05) is 19.3 Å². The third-order valence-electron chi connectivity index (χ3n) is 2.95. The lowest BCUT2D eigenvalue weighted by molar-refractivity contribution is 0.210. The smallest absolute Gasteiger partial charge is 0.180 e. The standard InChI is InChI=1S/C11H21N3S/c1-8(2)9(3)14(4)6-5-10-7-15-11(12)13-10/h7-9H,5-6H2,1-4H3,(H2,12,13). The van der Waals surface area contributed by atoms with E-state index in [0.29, 0.717) is 17.1 Å². The Morgan fingerprint density at radius 1 is 1.47 bits per heavy atom. The second-order valence-electron chi connectivity index (χ2n) is 4.39. The number of nitrogen functional groups attached to an aromatic ring is 1. The lowest BCUT2D eigenvalue weighted by Crippen LogP contribution is -2.34. The molecule has 0 aliphatic rings. The molecular formula is C11H21N3S. The topological polar surface area (TPSA) is 42.1 Å². The quantitative estimate of drug-likeness (QED) is 0.839. The molecule has 0 aliphatic carbocycles. The fourth-order valence-electron chi connectivity index (χ4n) is 1.44. The van der Waals surface area contributed by atoms with E-state index in [1.54, 1.807) is 0 Å². The lowest BCUT2D eigenvalue weighted by Gasteiger charge is -2.27. The first-order valence-electron chi connectivity index (χ1n) is 5.40. The third-order valence-corrected chi connectivity index (χ3v) is 3.67. The second-order valence-corrected chi connectivity index (χ2v) is 5.28. The molecule has 0 saturated carbocycles. The van der Waals surface area contributed by atoms with Gasteiger partial charge in [-0.3, -0.25) is 0 Å². The van der Waals surface area contributed by atoms with Crippen LogP contribution in [0.1, 0.15) is 26.5 Å². The SMILES string of the molecule is CC(C)C(C)N(C)CCc1csc(N)n1. The second kappa shape index (κ2) is 5.47. The summed E-state index contributed by atoms with van der Waals surface area (Å²) in [6, 6.07) is 0.612. The van der Waals surface area contributed by atoms with Crippen LogP contribution in [-0.4, -0.2) is 29.5 Å². The monoisotopic (exact) mass is 227 g/mol. The molecule has 1 unspecified atom stereocenters. The number of nitrogens with two attached hydrogens (primary N) is 1. The number of anilines is 1. The first kappa shape index (κ1) is 12.5. The van der Waals surface area contributed by atoms with E-state index >= 15 is 0 Å². The highest BCUT2D eigenvalue weighted by Gasteiger charge is 2.12. The zero-order valence-electron chi connectivity index (χ0n) is 10.0. The van der Waals surface area contributed by atoms with Gasteiger partial charge in [-0.2, -0.15) is 0 Å². The normalized spacial score (nSPS) is 13.7. The Morgan fingerprint density at radius 2 is 2.13 bits per heavy atom. The van der Waals surface area contributed by atoms with E-state index in [4.69, 9.17) is 5.73 Å². The molecule has 1 aromatic heterocycles. The maximum atomic E-state index is 5.59. The molecule has 15 heavy (non-hydrogen) atoms. The fourth-order valence-corrected chi connectivity index (χ4v) is 2.04. The van der Waals surface area contributed by atoms with Gasteiger partial charge in [0.1, 0.15) is 0 Å². The molecule has 0 fully saturated rings. The van der Waals surface area contributed by atoms with Crippen molar-refractivity contribution < 1.29 is 0 Å². The van der Waals surface area contributed by atoms with Gasteiger partial charge in [0.25, 0.3) is 0 Å². The molecule has 1 atom stereocenters. The van der Waals surface area contributed by atoms with Gasteiger partial charge >= 0.3 is 0 Å². The van der Waals surface area contributed by atoms with Crippen LogP contribution in [0.3, 0.4) is 0 Å². The summed E-state index contributed by atoms with van der Waals surface area (Å²) in [6.07, 6.45) is 0.987. The molecule has 1 rings (SSSR count). The summed E-state index contributed by atoms with van der Waals surface area (Å²) < 4.78 is 0. The summed E-state index contributed by atoms with van der Waals surface area (Å²) in [6.45, 7) is 7.81. The van der Waals surface area contributed by atoms with Gasteiger partial charge in [0.15, 0.2) is 5.13 Å². The number of hydrogen-bond donors (Lipinski definition) is 1. The van der Waals surface area contributed by atoms with Crippen LogP contribution in [0.4, 0.5) is 5.13 Å². The summed E-state index contributed by atoms with van der Waals surface area (Å²) in [7, 11) is 2.17. The van der Waals surface area contributed by atoms with Crippen LogP contribution < -0.4 is 5.73 Å². The van der Waals surface area contributed by atoms with Gasteiger partial charge < -0.3 is 10.6 Å². The molecule has 1 heterocycles. The van der Waals surface area contributed by atoms with Crippen molar-refractivity contribution in [3.8, 4) is 0 Å². The number of hydrogen-bond acceptors (Lipinski definition) is 4. The fraction of sp³-hybridized carbons (Fsp3) is 0.727. The maximum absolute atomic E-state index is 5.59. The van der Waals surface area contributed by atoms with Crippen LogP contribution in [-0.2, 0) is 6.42 Å². The molecule has 0 aromatic carbocycles. The maximum Gasteiger partial charge on any atom is 0.180 e. The minimum Gasteiger partial charge on any atom is -0.375 e. The zero-order valence-corrected chi connectivity index (χ0v) is 10.8. The third kappa shape index (κ3) is 3.80. The average molecular weight is 227 g/mol. The highest BCUT2D eigenvalue weighted by atomic mass is 32.1. The molecule has 86 valence electrons. The van der Waals surface area contributed by atoms with Crippen LogP contribution >= 0.6 is 11.3 Å². The predicted molar refractivity (Wildman–Crippen MR) is 67.2 cm³/mol. The number of rotatable bonds is 5. The van der Waals surface area contributed by atoms with Gasteiger partial charge in [-0.15, -0.1) is 11.3 Å².